The van der Waals surface area contributed by atoms with Crippen molar-refractivity contribution in [1.29, 1.82) is 5.26 Å². The van der Waals surface area contributed by atoms with Crippen LogP contribution in [0, 0.1) is 11.3 Å². The van der Waals surface area contributed by atoms with Gasteiger partial charge in [-0.05, 0) is 66.5 Å². The summed E-state index contributed by atoms with van der Waals surface area (Å²) >= 11 is 3.34. The van der Waals surface area contributed by atoms with Crippen molar-refractivity contribution in [2.45, 2.75) is 25.7 Å². The highest BCUT2D eigenvalue weighted by Gasteiger charge is 2.09. The molecule has 1 aliphatic rings. The third-order valence-corrected chi connectivity index (χ3v) is 4.09. The Morgan fingerprint density at radius 1 is 1.26 bits per heavy atom. The molecular formula is C15H19BrN2O. The number of piperidine rings is 1. The number of ether oxygens (including phenoxy) is 1. The normalized spacial score (nSPS) is 16.0. The van der Waals surface area contributed by atoms with E-state index in [9.17, 15) is 0 Å². The van der Waals surface area contributed by atoms with E-state index in [0.717, 1.165) is 23.2 Å². The maximum atomic E-state index is 8.94. The summed E-state index contributed by atoms with van der Waals surface area (Å²) in [7, 11) is 0. The number of nitrogens with zero attached hydrogens (tertiary/aromatic N) is 2. The highest BCUT2D eigenvalue weighted by atomic mass is 79.9. The van der Waals surface area contributed by atoms with Crippen LogP contribution in [0.2, 0.25) is 0 Å². The topological polar surface area (TPSA) is 36.3 Å². The second kappa shape index (κ2) is 7.52. The van der Waals surface area contributed by atoms with Crippen LogP contribution in [-0.2, 0) is 0 Å². The molecule has 0 saturated carbocycles. The zero-order valence-corrected chi connectivity index (χ0v) is 12.7. The Labute approximate surface area is 123 Å². The van der Waals surface area contributed by atoms with Gasteiger partial charge in [0.2, 0.25) is 0 Å². The summed E-state index contributed by atoms with van der Waals surface area (Å²) in [5.74, 6) is 0.776. The van der Waals surface area contributed by atoms with E-state index >= 15 is 0 Å². The van der Waals surface area contributed by atoms with Crippen molar-refractivity contribution in [2.75, 3.05) is 26.2 Å². The van der Waals surface area contributed by atoms with Gasteiger partial charge in [-0.15, -0.1) is 0 Å². The van der Waals surface area contributed by atoms with Gasteiger partial charge in [0.1, 0.15) is 11.8 Å². The van der Waals surface area contributed by atoms with Crippen LogP contribution in [0.1, 0.15) is 31.2 Å². The SMILES string of the molecule is N#Cc1cc(OCCCN2CCCCC2)ccc1Br. The molecule has 2 rings (SSSR count). The standard InChI is InChI=1S/C15H19BrN2O/c16-15-6-5-14(11-13(15)12-17)19-10-4-9-18-7-2-1-3-8-18/h5-6,11H,1-4,7-10H2. The molecule has 102 valence electrons. The molecule has 0 aliphatic carbocycles. The van der Waals surface area contributed by atoms with Crippen LogP contribution in [0.5, 0.6) is 5.75 Å². The number of halogens is 1. The molecule has 1 fully saturated rings. The maximum absolute atomic E-state index is 8.94. The van der Waals surface area contributed by atoms with E-state index in [1.54, 1.807) is 6.07 Å². The minimum Gasteiger partial charge on any atom is -0.494 e. The molecule has 1 saturated heterocycles. The molecule has 1 aromatic rings. The molecule has 0 unspecified atom stereocenters. The van der Waals surface area contributed by atoms with Crippen molar-refractivity contribution < 1.29 is 4.74 Å². The first-order valence-corrected chi connectivity index (χ1v) is 7.64. The molecule has 0 radical (unpaired) electrons. The average molecular weight is 323 g/mol. The summed E-state index contributed by atoms with van der Waals surface area (Å²) in [5.41, 5.74) is 0.619. The fourth-order valence-electron chi connectivity index (χ4n) is 2.34. The smallest absolute Gasteiger partial charge is 0.120 e. The molecular weight excluding hydrogens is 304 g/mol. The van der Waals surface area contributed by atoms with Crippen molar-refractivity contribution in [1.82, 2.24) is 4.90 Å². The highest BCUT2D eigenvalue weighted by Crippen LogP contribution is 2.21. The maximum Gasteiger partial charge on any atom is 0.120 e. The van der Waals surface area contributed by atoms with Gasteiger partial charge in [0.25, 0.3) is 0 Å². The van der Waals surface area contributed by atoms with E-state index in [2.05, 4.69) is 26.9 Å². The molecule has 0 amide bonds. The first-order valence-electron chi connectivity index (χ1n) is 6.84. The van der Waals surface area contributed by atoms with E-state index < -0.39 is 0 Å². The Kier molecular flexibility index (Phi) is 5.68. The Morgan fingerprint density at radius 3 is 2.79 bits per heavy atom. The predicted octanol–water partition coefficient (Wildman–Crippen LogP) is 3.58. The van der Waals surface area contributed by atoms with Gasteiger partial charge in [0, 0.05) is 11.0 Å². The van der Waals surface area contributed by atoms with Crippen molar-refractivity contribution in [3.05, 3.63) is 28.2 Å². The summed E-state index contributed by atoms with van der Waals surface area (Å²) in [5, 5.41) is 8.94. The van der Waals surface area contributed by atoms with Gasteiger partial charge in [0.15, 0.2) is 0 Å². The molecule has 0 spiro atoms. The van der Waals surface area contributed by atoms with Crippen LogP contribution in [0.25, 0.3) is 0 Å². The Morgan fingerprint density at radius 2 is 2.05 bits per heavy atom. The average Bonchev–Trinajstić information content (AvgIpc) is 2.46. The Bertz CT molecular complexity index is 450. The lowest BCUT2D eigenvalue weighted by Crippen LogP contribution is -2.31. The predicted molar refractivity (Wildman–Crippen MR) is 79.3 cm³/mol. The summed E-state index contributed by atoms with van der Waals surface area (Å²) in [6.07, 6.45) is 5.08. The molecule has 1 heterocycles. The van der Waals surface area contributed by atoms with Crippen molar-refractivity contribution in [2.24, 2.45) is 0 Å². The van der Waals surface area contributed by atoms with Crippen LogP contribution < -0.4 is 4.74 Å². The van der Waals surface area contributed by atoms with E-state index in [-0.39, 0.29) is 0 Å². The van der Waals surface area contributed by atoms with Crippen molar-refractivity contribution >= 4 is 15.9 Å². The zero-order chi connectivity index (χ0) is 13.5. The van der Waals surface area contributed by atoms with Gasteiger partial charge in [-0.1, -0.05) is 6.42 Å². The van der Waals surface area contributed by atoms with Crippen molar-refractivity contribution in [3.63, 3.8) is 0 Å². The molecule has 0 atom stereocenters. The van der Waals surface area contributed by atoms with E-state index in [1.165, 1.54) is 32.4 Å². The van der Waals surface area contributed by atoms with E-state index in [0.29, 0.717) is 12.2 Å². The van der Waals surface area contributed by atoms with Crippen molar-refractivity contribution in [3.8, 4) is 11.8 Å². The minimum absolute atomic E-state index is 0.619. The van der Waals surface area contributed by atoms with Gasteiger partial charge in [0.05, 0.1) is 12.2 Å². The van der Waals surface area contributed by atoms with Crippen LogP contribution in [0.4, 0.5) is 0 Å². The van der Waals surface area contributed by atoms with Gasteiger partial charge in [-0.25, -0.2) is 0 Å². The second-order valence-corrected chi connectivity index (χ2v) is 5.71. The molecule has 0 N–H and O–H groups in total. The first-order chi connectivity index (χ1) is 9.29. The highest BCUT2D eigenvalue weighted by molar-refractivity contribution is 9.10. The monoisotopic (exact) mass is 322 g/mol. The van der Waals surface area contributed by atoms with Crippen LogP contribution in [0.3, 0.4) is 0 Å². The molecule has 3 nitrogen and oxygen atoms in total. The number of likely N-dealkylation sites (tertiary alicyclic amines) is 1. The number of rotatable bonds is 5. The van der Waals surface area contributed by atoms with Gasteiger partial charge in [-0.3, -0.25) is 0 Å². The molecule has 4 heteroatoms. The number of nitriles is 1. The summed E-state index contributed by atoms with van der Waals surface area (Å²) in [6.45, 7) is 4.29. The second-order valence-electron chi connectivity index (χ2n) is 4.86. The molecule has 1 aliphatic heterocycles. The lowest BCUT2D eigenvalue weighted by molar-refractivity contribution is 0.205. The van der Waals surface area contributed by atoms with Crippen LogP contribution in [0.15, 0.2) is 22.7 Å². The summed E-state index contributed by atoms with van der Waals surface area (Å²) in [4.78, 5) is 2.51. The molecule has 19 heavy (non-hydrogen) atoms. The van der Waals surface area contributed by atoms with Crippen LogP contribution in [-0.4, -0.2) is 31.1 Å². The Hall–Kier alpha value is -1.05. The largest absolute Gasteiger partial charge is 0.494 e. The fraction of sp³-hybridized carbons (Fsp3) is 0.533. The van der Waals surface area contributed by atoms with Gasteiger partial charge < -0.3 is 9.64 Å². The molecule has 1 aromatic carbocycles. The zero-order valence-electron chi connectivity index (χ0n) is 11.1. The lowest BCUT2D eigenvalue weighted by atomic mass is 10.1. The third-order valence-electron chi connectivity index (χ3n) is 3.39. The van der Waals surface area contributed by atoms with E-state index in [4.69, 9.17) is 10.00 Å². The van der Waals surface area contributed by atoms with Crippen LogP contribution >= 0.6 is 15.9 Å². The number of hydrogen-bond acceptors (Lipinski definition) is 3. The minimum atomic E-state index is 0.619. The van der Waals surface area contributed by atoms with Gasteiger partial charge >= 0.3 is 0 Å². The van der Waals surface area contributed by atoms with E-state index in [1.807, 2.05) is 12.1 Å². The quantitative estimate of drug-likeness (QED) is 0.777. The summed E-state index contributed by atoms with van der Waals surface area (Å²) in [6, 6.07) is 7.68. The summed E-state index contributed by atoms with van der Waals surface area (Å²) < 4.78 is 6.51. The van der Waals surface area contributed by atoms with Gasteiger partial charge in [-0.2, -0.15) is 5.26 Å². The Balaban J connectivity index is 1.72. The lowest BCUT2D eigenvalue weighted by Gasteiger charge is -2.26. The third kappa shape index (κ3) is 4.52. The number of benzene rings is 1. The fourth-order valence-corrected chi connectivity index (χ4v) is 2.68. The molecule has 0 bridgehead atoms. The first kappa shape index (κ1) is 14.4. The molecule has 0 aromatic heterocycles. The number of hydrogen-bond donors (Lipinski definition) is 0.